The van der Waals surface area contributed by atoms with Gasteiger partial charge < -0.3 is 15.0 Å². The maximum absolute atomic E-state index is 14.4. The molecule has 0 radical (unpaired) electrons. The van der Waals surface area contributed by atoms with Gasteiger partial charge in [0.05, 0.1) is 5.57 Å². The second-order valence-electron chi connectivity index (χ2n) is 14.1. The number of azo groups is 1. The maximum atomic E-state index is 14.4. The second-order valence-corrected chi connectivity index (χ2v) is 14.1. The molecule has 226 valence electrons. The number of piperidine rings is 1. The Bertz CT molecular complexity index is 1450. The fourth-order valence-corrected chi connectivity index (χ4v) is 8.97. The summed E-state index contributed by atoms with van der Waals surface area (Å²) in [4.78, 5) is 30.8. The van der Waals surface area contributed by atoms with E-state index in [2.05, 4.69) is 36.3 Å². The van der Waals surface area contributed by atoms with E-state index in [1.54, 1.807) is 0 Å². The lowest BCUT2D eigenvalue weighted by atomic mass is 9.45. The van der Waals surface area contributed by atoms with Crippen molar-refractivity contribution in [3.63, 3.8) is 0 Å². The van der Waals surface area contributed by atoms with Crippen LogP contribution in [-0.4, -0.2) is 41.4 Å². The molecule has 2 amide bonds. The van der Waals surface area contributed by atoms with Crippen molar-refractivity contribution >= 4 is 17.5 Å². The van der Waals surface area contributed by atoms with Crippen molar-refractivity contribution in [3.05, 3.63) is 65.7 Å². The predicted octanol–water partition coefficient (Wildman–Crippen LogP) is 7.39. The molecule has 7 atom stereocenters. The molecule has 7 heteroatoms. The third-order valence-electron chi connectivity index (χ3n) is 11.6. The van der Waals surface area contributed by atoms with Crippen molar-refractivity contribution in [2.75, 3.05) is 6.54 Å². The number of carbonyl (C=O) groups excluding carboxylic acids is 2. The number of hydrogen-bond donors (Lipinski definition) is 1. The molecule has 4 aliphatic carbocycles. The van der Waals surface area contributed by atoms with E-state index in [0.29, 0.717) is 57.4 Å². The zero-order valence-electron chi connectivity index (χ0n) is 25.7. The first-order valence-corrected chi connectivity index (χ1v) is 16.4. The number of hydrogen-bond acceptors (Lipinski definition) is 5. The number of ether oxygens (including phenoxy) is 1. The van der Waals surface area contributed by atoms with Crippen LogP contribution in [0.1, 0.15) is 77.7 Å². The molecular weight excluding hydrogens is 536 g/mol. The number of nitrogens with zero attached hydrogens (tertiary/aromatic N) is 3. The smallest absolute Gasteiger partial charge is 0.254 e. The van der Waals surface area contributed by atoms with Gasteiger partial charge in [-0.25, -0.2) is 0 Å². The molecule has 8 rings (SSSR count). The van der Waals surface area contributed by atoms with Gasteiger partial charge in [0.15, 0.2) is 6.04 Å². The number of nitrogens with one attached hydrogen (secondary N) is 1. The molecule has 2 aromatic carbocycles. The lowest BCUT2D eigenvalue weighted by Gasteiger charge is -2.62. The molecule has 2 bridgehead atoms. The number of carbonyl (C=O) groups is 2. The van der Waals surface area contributed by atoms with E-state index in [0.717, 1.165) is 32.2 Å². The fourth-order valence-electron chi connectivity index (χ4n) is 8.97. The van der Waals surface area contributed by atoms with Crippen LogP contribution in [0.3, 0.4) is 0 Å². The number of para-hydroxylation sites is 2. The highest BCUT2D eigenvalue weighted by atomic mass is 16.5. The molecule has 5 fully saturated rings. The monoisotopic (exact) mass is 580 g/mol. The van der Waals surface area contributed by atoms with Gasteiger partial charge in [-0.2, -0.15) is 10.2 Å². The fraction of sp³-hybridized carbons (Fsp3) is 0.556. The topological polar surface area (TPSA) is 83.4 Å². The van der Waals surface area contributed by atoms with Crippen molar-refractivity contribution in [2.24, 2.45) is 39.3 Å². The zero-order valence-corrected chi connectivity index (χ0v) is 25.7. The third kappa shape index (κ3) is 4.98. The van der Waals surface area contributed by atoms with Gasteiger partial charge in [-0.05, 0) is 91.9 Å². The minimum Gasteiger partial charge on any atom is -0.457 e. The van der Waals surface area contributed by atoms with Gasteiger partial charge >= 0.3 is 0 Å². The van der Waals surface area contributed by atoms with E-state index < -0.39 is 6.04 Å². The molecule has 2 aromatic rings. The molecule has 1 saturated heterocycles. The molecule has 7 nitrogen and oxygen atoms in total. The predicted molar refractivity (Wildman–Crippen MR) is 166 cm³/mol. The minimum absolute atomic E-state index is 0.0721. The molecule has 1 N–H and O–H groups in total. The van der Waals surface area contributed by atoms with Gasteiger partial charge in [-0.3, -0.25) is 9.59 Å². The molecule has 2 aliphatic heterocycles. The van der Waals surface area contributed by atoms with Crippen LogP contribution in [-0.2, 0) is 9.59 Å². The number of likely N-dealkylation sites (tertiary alicyclic amines) is 1. The minimum atomic E-state index is -0.940. The SMILES string of the molecule is C[C@@H]1[C@H]2CC(C[C@H]1NC(=O)C1=C(c3ccccc3Oc3ccccc3)N=NC1C(=O)N1CCCC3CCCCC31)C2(C)C. The largest absolute Gasteiger partial charge is 0.457 e. The van der Waals surface area contributed by atoms with E-state index in [-0.39, 0.29) is 23.9 Å². The average molecular weight is 581 g/mol. The Hall–Kier alpha value is -3.48. The van der Waals surface area contributed by atoms with Gasteiger partial charge in [0.2, 0.25) is 0 Å². The van der Waals surface area contributed by atoms with Gasteiger partial charge in [0.1, 0.15) is 17.2 Å². The van der Waals surface area contributed by atoms with Crippen LogP contribution in [0.25, 0.3) is 5.70 Å². The molecule has 4 saturated carbocycles. The Morgan fingerprint density at radius 2 is 1.70 bits per heavy atom. The van der Waals surface area contributed by atoms with Crippen molar-refractivity contribution in [2.45, 2.75) is 90.3 Å². The van der Waals surface area contributed by atoms with Crippen molar-refractivity contribution < 1.29 is 14.3 Å². The quantitative estimate of drug-likeness (QED) is 0.387. The first kappa shape index (κ1) is 28.3. The van der Waals surface area contributed by atoms with Crippen LogP contribution in [0.5, 0.6) is 11.5 Å². The summed E-state index contributed by atoms with van der Waals surface area (Å²) in [5.74, 6) is 3.10. The first-order chi connectivity index (χ1) is 20.8. The summed E-state index contributed by atoms with van der Waals surface area (Å²) in [7, 11) is 0. The molecule has 2 heterocycles. The molecule has 4 unspecified atom stereocenters. The van der Waals surface area contributed by atoms with Crippen LogP contribution >= 0.6 is 0 Å². The summed E-state index contributed by atoms with van der Waals surface area (Å²) < 4.78 is 6.28. The summed E-state index contributed by atoms with van der Waals surface area (Å²) in [5.41, 5.74) is 1.79. The number of benzene rings is 2. The molecular formula is C36H44N4O3. The standard InChI is InChI=1S/C36H44N4O3/c1-22-27-20-24(36(27,2)3)21-28(22)37-34(41)31-32(26-16-8-10-18-30(26)43-25-14-5-4-6-15-25)38-39-33(31)35(42)40-19-11-13-23-12-7-9-17-29(23)40/h4-6,8,10,14-16,18,22-24,27-29,33H,7,9,11-13,17,19-21H2,1-3H3,(H,37,41)/t22-,23?,24?,27-,28-,29?,33?/m1/s1. The Balaban J connectivity index is 1.23. The number of fused-ring (bicyclic) bond motifs is 3. The van der Waals surface area contributed by atoms with Crippen LogP contribution in [0.15, 0.2) is 70.4 Å². The van der Waals surface area contributed by atoms with Crippen LogP contribution in [0, 0.1) is 29.1 Å². The van der Waals surface area contributed by atoms with Gasteiger partial charge in [0, 0.05) is 24.2 Å². The Morgan fingerprint density at radius 1 is 0.953 bits per heavy atom. The van der Waals surface area contributed by atoms with E-state index in [9.17, 15) is 9.59 Å². The van der Waals surface area contributed by atoms with Gasteiger partial charge in [0.25, 0.3) is 11.8 Å². The van der Waals surface area contributed by atoms with E-state index in [1.807, 2.05) is 59.5 Å². The van der Waals surface area contributed by atoms with Crippen LogP contribution in [0.4, 0.5) is 0 Å². The van der Waals surface area contributed by atoms with Crippen LogP contribution < -0.4 is 10.1 Å². The molecule has 0 spiro atoms. The number of amides is 2. The second kappa shape index (κ2) is 11.2. The molecule has 43 heavy (non-hydrogen) atoms. The summed E-state index contributed by atoms with van der Waals surface area (Å²) >= 11 is 0. The Kier molecular flexibility index (Phi) is 7.38. The summed E-state index contributed by atoms with van der Waals surface area (Å²) in [6.07, 6.45) is 8.98. The van der Waals surface area contributed by atoms with Gasteiger partial charge in [-0.1, -0.05) is 63.9 Å². The normalized spacial score (nSPS) is 32.5. The van der Waals surface area contributed by atoms with E-state index in [1.165, 1.54) is 25.7 Å². The average Bonchev–Trinajstić information content (AvgIpc) is 3.47. The highest BCUT2D eigenvalue weighted by molar-refractivity contribution is 6.09. The highest BCUT2D eigenvalue weighted by Crippen LogP contribution is 2.61. The number of rotatable bonds is 6. The molecule has 6 aliphatic rings. The molecule has 0 aromatic heterocycles. The summed E-state index contributed by atoms with van der Waals surface area (Å²) in [6.45, 7) is 7.73. The zero-order chi connectivity index (χ0) is 29.7. The highest BCUT2D eigenvalue weighted by Gasteiger charge is 2.56. The Labute approximate surface area is 255 Å². The third-order valence-corrected chi connectivity index (χ3v) is 11.6. The van der Waals surface area contributed by atoms with Crippen molar-refractivity contribution in [3.8, 4) is 11.5 Å². The lowest BCUT2D eigenvalue weighted by molar-refractivity contribution is -0.139. The van der Waals surface area contributed by atoms with E-state index >= 15 is 0 Å². The van der Waals surface area contributed by atoms with Crippen LogP contribution in [0.2, 0.25) is 0 Å². The van der Waals surface area contributed by atoms with Crippen molar-refractivity contribution in [1.82, 2.24) is 10.2 Å². The lowest BCUT2D eigenvalue weighted by Crippen LogP contribution is -2.61. The van der Waals surface area contributed by atoms with Crippen molar-refractivity contribution in [1.29, 1.82) is 0 Å². The van der Waals surface area contributed by atoms with E-state index in [4.69, 9.17) is 4.74 Å². The maximum Gasteiger partial charge on any atom is 0.254 e. The van der Waals surface area contributed by atoms with Gasteiger partial charge in [-0.15, -0.1) is 0 Å². The first-order valence-electron chi connectivity index (χ1n) is 16.4. The summed E-state index contributed by atoms with van der Waals surface area (Å²) in [5, 5.41) is 12.5. The summed E-state index contributed by atoms with van der Waals surface area (Å²) in [6, 6.07) is 16.6. The Morgan fingerprint density at radius 3 is 2.49 bits per heavy atom.